The first-order valence-electron chi connectivity index (χ1n) is 6.38. The molecule has 1 aromatic carbocycles. The number of fused-ring (bicyclic) bond motifs is 1. The molecular weight excluding hydrogens is 212 g/mol. The maximum absolute atomic E-state index is 9.16. The quantitative estimate of drug-likeness (QED) is 0.759. The summed E-state index contributed by atoms with van der Waals surface area (Å²) in [6.45, 7) is 4.72. The van der Waals surface area contributed by atoms with Gasteiger partial charge in [-0.15, -0.1) is 0 Å². The van der Waals surface area contributed by atoms with Crippen LogP contribution in [0.4, 0.5) is 5.69 Å². The molecule has 0 fully saturated rings. The molecule has 94 valence electrons. The Labute approximate surface area is 103 Å². The minimum absolute atomic E-state index is 0.212. The lowest BCUT2D eigenvalue weighted by molar-refractivity contribution is 0.183. The number of likely N-dealkylation sites (N-methyl/N-ethyl adjacent to an activating group) is 1. The molecule has 1 aliphatic heterocycles. The van der Waals surface area contributed by atoms with Gasteiger partial charge >= 0.3 is 0 Å². The summed E-state index contributed by atoms with van der Waals surface area (Å²) < 4.78 is 0. The van der Waals surface area contributed by atoms with Crippen molar-refractivity contribution in [3.63, 3.8) is 0 Å². The first kappa shape index (κ1) is 12.4. The zero-order valence-electron chi connectivity index (χ0n) is 10.7. The van der Waals surface area contributed by atoms with Crippen molar-refractivity contribution in [2.75, 3.05) is 25.0 Å². The van der Waals surface area contributed by atoms with Crippen LogP contribution in [0.5, 0.6) is 0 Å². The summed E-state index contributed by atoms with van der Waals surface area (Å²) in [5.41, 5.74) is 4.17. The zero-order valence-corrected chi connectivity index (χ0v) is 10.7. The monoisotopic (exact) mass is 234 g/mol. The number of hydrogen-bond acceptors (Lipinski definition) is 3. The summed E-state index contributed by atoms with van der Waals surface area (Å²) in [5, 5.41) is 12.5. The summed E-state index contributed by atoms with van der Waals surface area (Å²) in [5.74, 6) is 0. The molecule has 0 saturated carbocycles. The topological polar surface area (TPSA) is 35.5 Å². The molecule has 0 aliphatic carbocycles. The second-order valence-corrected chi connectivity index (χ2v) is 4.95. The minimum Gasteiger partial charge on any atom is -0.393 e. The van der Waals surface area contributed by atoms with Crippen molar-refractivity contribution in [2.24, 2.45) is 0 Å². The number of benzene rings is 1. The van der Waals surface area contributed by atoms with Crippen molar-refractivity contribution < 1.29 is 5.11 Å². The molecule has 2 N–H and O–H groups in total. The fourth-order valence-electron chi connectivity index (χ4n) is 2.27. The van der Waals surface area contributed by atoms with E-state index < -0.39 is 0 Å². The van der Waals surface area contributed by atoms with Gasteiger partial charge in [0.15, 0.2) is 0 Å². The fraction of sp³-hybridized carbons (Fsp3) is 0.571. The van der Waals surface area contributed by atoms with Crippen LogP contribution in [0.1, 0.15) is 24.5 Å². The lowest BCUT2D eigenvalue weighted by Gasteiger charge is -2.12. The molecule has 0 radical (unpaired) electrons. The summed E-state index contributed by atoms with van der Waals surface area (Å²) in [7, 11) is 2.15. The summed E-state index contributed by atoms with van der Waals surface area (Å²) in [6, 6.07) is 6.71. The second-order valence-electron chi connectivity index (χ2n) is 4.95. The van der Waals surface area contributed by atoms with Crippen LogP contribution >= 0.6 is 0 Å². The summed E-state index contributed by atoms with van der Waals surface area (Å²) in [4.78, 5) is 2.31. The van der Waals surface area contributed by atoms with Crippen molar-refractivity contribution >= 4 is 5.69 Å². The van der Waals surface area contributed by atoms with Gasteiger partial charge < -0.3 is 15.3 Å². The Morgan fingerprint density at radius 3 is 3.06 bits per heavy atom. The molecule has 2 rings (SSSR count). The van der Waals surface area contributed by atoms with Gasteiger partial charge in [-0.3, -0.25) is 0 Å². The molecule has 0 amide bonds. The van der Waals surface area contributed by atoms with Gasteiger partial charge in [0.25, 0.3) is 0 Å². The molecule has 0 aromatic heterocycles. The minimum atomic E-state index is -0.212. The number of anilines is 1. The molecule has 0 saturated heterocycles. The maximum atomic E-state index is 9.16. The van der Waals surface area contributed by atoms with Gasteiger partial charge in [-0.2, -0.15) is 0 Å². The van der Waals surface area contributed by atoms with Crippen molar-refractivity contribution in [3.05, 3.63) is 29.3 Å². The van der Waals surface area contributed by atoms with Crippen molar-refractivity contribution in [1.82, 2.24) is 5.32 Å². The first-order chi connectivity index (χ1) is 8.16. The molecular formula is C14H22N2O. The average molecular weight is 234 g/mol. The molecule has 1 unspecified atom stereocenters. The van der Waals surface area contributed by atoms with Crippen LogP contribution in [0, 0.1) is 0 Å². The van der Waals surface area contributed by atoms with Gasteiger partial charge in [0.05, 0.1) is 6.10 Å². The largest absolute Gasteiger partial charge is 0.393 e. The van der Waals surface area contributed by atoms with Gasteiger partial charge in [0.2, 0.25) is 0 Å². The van der Waals surface area contributed by atoms with Gasteiger partial charge in [-0.1, -0.05) is 12.1 Å². The third-order valence-corrected chi connectivity index (χ3v) is 3.34. The third kappa shape index (κ3) is 3.20. The Kier molecular flexibility index (Phi) is 4.02. The fourth-order valence-corrected chi connectivity index (χ4v) is 2.27. The van der Waals surface area contributed by atoms with Crippen LogP contribution in [0.15, 0.2) is 18.2 Å². The molecule has 0 bridgehead atoms. The number of nitrogens with one attached hydrogen (secondary N) is 1. The normalized spacial score (nSPS) is 16.1. The highest BCUT2D eigenvalue weighted by molar-refractivity contribution is 5.58. The van der Waals surface area contributed by atoms with E-state index in [2.05, 4.69) is 35.5 Å². The highest BCUT2D eigenvalue weighted by Gasteiger charge is 2.15. The molecule has 1 aromatic rings. The van der Waals surface area contributed by atoms with E-state index in [4.69, 9.17) is 5.11 Å². The average Bonchev–Trinajstić information content (AvgIpc) is 2.66. The van der Waals surface area contributed by atoms with Crippen LogP contribution in [0.3, 0.4) is 0 Å². The van der Waals surface area contributed by atoms with Gasteiger partial charge in [0, 0.05) is 25.8 Å². The smallest absolute Gasteiger partial charge is 0.0524 e. The van der Waals surface area contributed by atoms with Crippen molar-refractivity contribution in [3.8, 4) is 0 Å². The van der Waals surface area contributed by atoms with E-state index in [1.165, 1.54) is 16.8 Å². The van der Waals surface area contributed by atoms with E-state index in [0.29, 0.717) is 0 Å². The van der Waals surface area contributed by atoms with Gasteiger partial charge in [-0.05, 0) is 43.5 Å². The van der Waals surface area contributed by atoms with E-state index in [1.807, 2.05) is 6.92 Å². The predicted molar refractivity (Wildman–Crippen MR) is 71.4 cm³/mol. The maximum Gasteiger partial charge on any atom is 0.0524 e. The van der Waals surface area contributed by atoms with Crippen molar-refractivity contribution in [1.29, 1.82) is 0 Å². The third-order valence-electron chi connectivity index (χ3n) is 3.34. The van der Waals surface area contributed by atoms with Crippen LogP contribution in [0.25, 0.3) is 0 Å². The SMILES string of the molecule is CC(O)CCNCc1ccc2c(c1)CCN2C. The van der Waals surface area contributed by atoms with Crippen LogP contribution in [-0.4, -0.2) is 31.3 Å². The Hall–Kier alpha value is -1.06. The second kappa shape index (κ2) is 5.52. The Morgan fingerprint density at radius 2 is 2.29 bits per heavy atom. The number of nitrogens with zero attached hydrogens (tertiary/aromatic N) is 1. The van der Waals surface area contributed by atoms with Gasteiger partial charge in [-0.25, -0.2) is 0 Å². The molecule has 3 heteroatoms. The molecule has 3 nitrogen and oxygen atoms in total. The van der Waals surface area contributed by atoms with Gasteiger partial charge in [0.1, 0.15) is 0 Å². The molecule has 17 heavy (non-hydrogen) atoms. The summed E-state index contributed by atoms with van der Waals surface area (Å²) >= 11 is 0. The van der Waals surface area contributed by atoms with Crippen LogP contribution in [-0.2, 0) is 13.0 Å². The zero-order chi connectivity index (χ0) is 12.3. The Morgan fingerprint density at radius 1 is 1.47 bits per heavy atom. The van der Waals surface area contributed by atoms with E-state index in [1.54, 1.807) is 0 Å². The Bertz CT molecular complexity index is 376. The van der Waals surface area contributed by atoms with E-state index in [9.17, 15) is 0 Å². The standard InChI is InChI=1S/C14H22N2O/c1-11(17)5-7-15-10-12-3-4-14-13(9-12)6-8-16(14)2/h3-4,9,11,15,17H,5-8,10H2,1-2H3. The lowest BCUT2D eigenvalue weighted by Crippen LogP contribution is -2.18. The van der Waals surface area contributed by atoms with Crippen LogP contribution < -0.4 is 10.2 Å². The molecule has 1 atom stereocenters. The van der Waals surface area contributed by atoms with Crippen molar-refractivity contribution in [2.45, 2.75) is 32.4 Å². The summed E-state index contributed by atoms with van der Waals surface area (Å²) in [6.07, 6.45) is 1.76. The molecule has 0 spiro atoms. The molecule has 1 heterocycles. The highest BCUT2D eigenvalue weighted by atomic mass is 16.3. The number of aliphatic hydroxyl groups is 1. The number of aliphatic hydroxyl groups excluding tert-OH is 1. The Balaban J connectivity index is 1.86. The number of hydrogen-bond donors (Lipinski definition) is 2. The van der Waals surface area contributed by atoms with E-state index >= 15 is 0 Å². The van der Waals surface area contributed by atoms with Crippen LogP contribution in [0.2, 0.25) is 0 Å². The lowest BCUT2D eigenvalue weighted by atomic mass is 10.1. The molecule has 1 aliphatic rings. The van der Waals surface area contributed by atoms with E-state index in [0.717, 1.165) is 32.5 Å². The highest BCUT2D eigenvalue weighted by Crippen LogP contribution is 2.27. The first-order valence-corrected chi connectivity index (χ1v) is 6.38. The predicted octanol–water partition coefficient (Wildman–Crippen LogP) is 1.54. The number of rotatable bonds is 5. The van der Waals surface area contributed by atoms with E-state index in [-0.39, 0.29) is 6.10 Å².